The standard InChI is InChI=1S/C14H28N2O3/c1-14(2,3)19-10-12(17)9-15-8-4-5-13(18)16-11-6-7-11/h11-12,15,17H,4-10H2,1-3H3,(H,16,18). The van der Waals surface area contributed by atoms with Crippen LogP contribution >= 0.6 is 0 Å². The Hall–Kier alpha value is -0.650. The molecule has 1 amide bonds. The van der Waals surface area contributed by atoms with Gasteiger partial charge in [0.1, 0.15) is 0 Å². The van der Waals surface area contributed by atoms with Gasteiger partial charge in [0.25, 0.3) is 0 Å². The average molecular weight is 272 g/mol. The van der Waals surface area contributed by atoms with E-state index >= 15 is 0 Å². The minimum absolute atomic E-state index is 0.140. The monoisotopic (exact) mass is 272 g/mol. The maximum Gasteiger partial charge on any atom is 0.220 e. The fourth-order valence-electron chi connectivity index (χ4n) is 1.58. The van der Waals surface area contributed by atoms with Gasteiger partial charge in [-0.25, -0.2) is 0 Å². The molecule has 1 fully saturated rings. The Morgan fingerprint density at radius 3 is 2.68 bits per heavy atom. The number of carbonyl (C=O) groups is 1. The van der Waals surface area contributed by atoms with Crippen molar-refractivity contribution in [2.45, 2.75) is 64.2 Å². The van der Waals surface area contributed by atoms with Crippen LogP contribution in [0.2, 0.25) is 0 Å². The zero-order chi connectivity index (χ0) is 14.3. The van der Waals surface area contributed by atoms with Crippen LogP contribution in [0.4, 0.5) is 0 Å². The van der Waals surface area contributed by atoms with Gasteiger partial charge in [0.05, 0.1) is 18.3 Å². The van der Waals surface area contributed by atoms with Crippen molar-refractivity contribution in [1.82, 2.24) is 10.6 Å². The minimum atomic E-state index is -0.500. The summed E-state index contributed by atoms with van der Waals surface area (Å²) in [5.41, 5.74) is -0.220. The fourth-order valence-corrected chi connectivity index (χ4v) is 1.58. The highest BCUT2D eigenvalue weighted by Crippen LogP contribution is 2.18. The van der Waals surface area contributed by atoms with E-state index in [2.05, 4.69) is 10.6 Å². The van der Waals surface area contributed by atoms with E-state index in [1.807, 2.05) is 20.8 Å². The lowest BCUT2D eigenvalue weighted by Gasteiger charge is -2.22. The molecule has 5 nitrogen and oxygen atoms in total. The van der Waals surface area contributed by atoms with Gasteiger partial charge in [-0.2, -0.15) is 0 Å². The van der Waals surface area contributed by atoms with E-state index in [4.69, 9.17) is 4.74 Å². The molecule has 19 heavy (non-hydrogen) atoms. The lowest BCUT2D eigenvalue weighted by molar-refractivity contribution is -0.121. The summed E-state index contributed by atoms with van der Waals surface area (Å²) in [7, 11) is 0. The highest BCUT2D eigenvalue weighted by Gasteiger charge is 2.22. The lowest BCUT2D eigenvalue weighted by Crippen LogP contribution is -2.34. The molecule has 0 spiro atoms. The van der Waals surface area contributed by atoms with Gasteiger partial charge < -0.3 is 20.5 Å². The molecule has 0 aromatic rings. The Bertz CT molecular complexity index is 272. The third kappa shape index (κ3) is 9.87. The summed E-state index contributed by atoms with van der Waals surface area (Å²) < 4.78 is 5.48. The Morgan fingerprint density at radius 2 is 2.11 bits per heavy atom. The van der Waals surface area contributed by atoms with E-state index in [0.29, 0.717) is 25.6 Å². The molecule has 0 heterocycles. The number of ether oxygens (including phenoxy) is 1. The van der Waals surface area contributed by atoms with Gasteiger partial charge in [0, 0.05) is 19.0 Å². The van der Waals surface area contributed by atoms with Gasteiger partial charge in [0.2, 0.25) is 5.91 Å². The molecular formula is C14H28N2O3. The molecule has 0 aliphatic heterocycles. The first-order valence-corrected chi connectivity index (χ1v) is 7.19. The lowest BCUT2D eigenvalue weighted by atomic mass is 10.2. The normalized spacial score (nSPS) is 17.3. The molecule has 1 unspecified atom stereocenters. The van der Waals surface area contributed by atoms with Gasteiger partial charge >= 0.3 is 0 Å². The second-order valence-electron chi connectivity index (χ2n) is 6.23. The van der Waals surface area contributed by atoms with Crippen LogP contribution in [-0.4, -0.2) is 48.5 Å². The highest BCUT2D eigenvalue weighted by atomic mass is 16.5. The predicted molar refractivity (Wildman–Crippen MR) is 75.0 cm³/mol. The maximum atomic E-state index is 11.4. The topological polar surface area (TPSA) is 70.6 Å². The molecule has 0 radical (unpaired) electrons. The van der Waals surface area contributed by atoms with Crippen molar-refractivity contribution >= 4 is 5.91 Å². The van der Waals surface area contributed by atoms with E-state index in [1.54, 1.807) is 0 Å². The first kappa shape index (κ1) is 16.4. The number of aliphatic hydroxyl groups excluding tert-OH is 1. The van der Waals surface area contributed by atoms with Gasteiger partial charge in [-0.05, 0) is 46.6 Å². The third-order valence-corrected chi connectivity index (χ3v) is 2.79. The van der Waals surface area contributed by atoms with Crippen molar-refractivity contribution in [1.29, 1.82) is 0 Å². The van der Waals surface area contributed by atoms with Crippen LogP contribution in [0.3, 0.4) is 0 Å². The number of hydrogen-bond donors (Lipinski definition) is 3. The summed E-state index contributed by atoms with van der Waals surface area (Å²) in [4.78, 5) is 11.4. The minimum Gasteiger partial charge on any atom is -0.389 e. The smallest absolute Gasteiger partial charge is 0.220 e. The van der Waals surface area contributed by atoms with Crippen LogP contribution in [0, 0.1) is 0 Å². The molecule has 1 aliphatic rings. The Labute approximate surface area is 116 Å². The molecule has 1 rings (SSSR count). The number of hydrogen-bond acceptors (Lipinski definition) is 4. The molecular weight excluding hydrogens is 244 g/mol. The van der Waals surface area contributed by atoms with Gasteiger partial charge in [-0.3, -0.25) is 4.79 Å². The van der Waals surface area contributed by atoms with Crippen LogP contribution in [0.25, 0.3) is 0 Å². The number of amides is 1. The zero-order valence-corrected chi connectivity index (χ0v) is 12.4. The van der Waals surface area contributed by atoms with E-state index in [9.17, 15) is 9.90 Å². The average Bonchev–Trinajstić information content (AvgIpc) is 3.09. The number of aliphatic hydroxyl groups is 1. The van der Waals surface area contributed by atoms with Crippen molar-refractivity contribution < 1.29 is 14.6 Å². The third-order valence-electron chi connectivity index (χ3n) is 2.79. The van der Waals surface area contributed by atoms with E-state index in [0.717, 1.165) is 25.8 Å². The molecule has 112 valence electrons. The highest BCUT2D eigenvalue weighted by molar-refractivity contribution is 5.76. The Morgan fingerprint density at radius 1 is 1.42 bits per heavy atom. The first-order valence-electron chi connectivity index (χ1n) is 7.19. The molecule has 0 aromatic carbocycles. The van der Waals surface area contributed by atoms with Crippen LogP contribution in [-0.2, 0) is 9.53 Å². The molecule has 0 bridgehead atoms. The second kappa shape index (κ2) is 7.82. The SMILES string of the molecule is CC(C)(C)OCC(O)CNCCCC(=O)NC1CC1. The van der Waals surface area contributed by atoms with Crippen molar-refractivity contribution in [2.75, 3.05) is 19.7 Å². The summed E-state index contributed by atoms with van der Waals surface area (Å²) in [6, 6.07) is 0.442. The molecule has 1 saturated carbocycles. The number of rotatable bonds is 9. The summed E-state index contributed by atoms with van der Waals surface area (Å²) >= 11 is 0. The molecule has 0 aromatic heterocycles. The summed E-state index contributed by atoms with van der Waals surface area (Å²) in [5.74, 6) is 0.140. The van der Waals surface area contributed by atoms with Crippen LogP contribution in [0.15, 0.2) is 0 Å². The molecule has 3 N–H and O–H groups in total. The van der Waals surface area contributed by atoms with Crippen molar-refractivity contribution in [2.24, 2.45) is 0 Å². The molecule has 0 saturated heterocycles. The summed E-state index contributed by atoms with van der Waals surface area (Å²) in [5, 5.41) is 15.8. The van der Waals surface area contributed by atoms with Crippen molar-refractivity contribution in [3.05, 3.63) is 0 Å². The summed E-state index contributed by atoms with van der Waals surface area (Å²) in [6.45, 7) is 7.46. The molecule has 1 aliphatic carbocycles. The number of carbonyl (C=O) groups excluding carboxylic acids is 1. The van der Waals surface area contributed by atoms with Crippen molar-refractivity contribution in [3.8, 4) is 0 Å². The molecule has 5 heteroatoms. The van der Waals surface area contributed by atoms with E-state index in [-0.39, 0.29) is 11.5 Å². The van der Waals surface area contributed by atoms with Crippen LogP contribution in [0.5, 0.6) is 0 Å². The zero-order valence-electron chi connectivity index (χ0n) is 12.4. The predicted octanol–water partition coefficient (Wildman–Crippen LogP) is 0.811. The van der Waals surface area contributed by atoms with Gasteiger partial charge in [0.15, 0.2) is 0 Å². The Balaban J connectivity index is 1.90. The van der Waals surface area contributed by atoms with E-state index in [1.165, 1.54) is 0 Å². The van der Waals surface area contributed by atoms with Crippen LogP contribution in [0.1, 0.15) is 46.5 Å². The first-order chi connectivity index (χ1) is 8.87. The van der Waals surface area contributed by atoms with Gasteiger partial charge in [-0.15, -0.1) is 0 Å². The van der Waals surface area contributed by atoms with Gasteiger partial charge in [-0.1, -0.05) is 0 Å². The van der Waals surface area contributed by atoms with E-state index < -0.39 is 6.10 Å². The largest absolute Gasteiger partial charge is 0.389 e. The van der Waals surface area contributed by atoms with Crippen LogP contribution < -0.4 is 10.6 Å². The van der Waals surface area contributed by atoms with Crippen molar-refractivity contribution in [3.63, 3.8) is 0 Å². The Kier molecular flexibility index (Phi) is 6.75. The number of nitrogens with one attached hydrogen (secondary N) is 2. The summed E-state index contributed by atoms with van der Waals surface area (Å²) in [6.07, 6.45) is 3.11. The maximum absolute atomic E-state index is 11.4. The second-order valence-corrected chi connectivity index (χ2v) is 6.23. The fraction of sp³-hybridized carbons (Fsp3) is 0.929. The molecule has 1 atom stereocenters. The quantitative estimate of drug-likeness (QED) is 0.543.